The molecule has 0 radical (unpaired) electrons. The summed E-state index contributed by atoms with van der Waals surface area (Å²) < 4.78 is 13.3. The maximum absolute atomic E-state index is 13.3. The summed E-state index contributed by atoms with van der Waals surface area (Å²) in [6.07, 6.45) is 6.09. The topological polar surface area (TPSA) is 0 Å². The molecule has 1 aliphatic rings. The van der Waals surface area contributed by atoms with Crippen molar-refractivity contribution in [2.24, 2.45) is 5.92 Å². The third kappa shape index (κ3) is 2.95. The van der Waals surface area contributed by atoms with Gasteiger partial charge in [-0.25, -0.2) is 4.39 Å². The molecule has 2 rings (SSSR count). The van der Waals surface area contributed by atoms with Crippen molar-refractivity contribution in [1.82, 2.24) is 0 Å². The molecule has 0 heterocycles. The van der Waals surface area contributed by atoms with Gasteiger partial charge in [-0.2, -0.15) is 0 Å². The molecular formula is C14H17Cl2F. The van der Waals surface area contributed by atoms with Gasteiger partial charge in [0.25, 0.3) is 0 Å². The molecule has 0 amide bonds. The molecule has 1 aromatic rings. The highest BCUT2D eigenvalue weighted by Crippen LogP contribution is 2.41. The van der Waals surface area contributed by atoms with E-state index in [1.165, 1.54) is 25.3 Å². The predicted octanol–water partition coefficient (Wildman–Crippen LogP) is 5.65. The van der Waals surface area contributed by atoms with E-state index in [1.54, 1.807) is 13.0 Å². The number of hydrogen-bond acceptors (Lipinski definition) is 0. The van der Waals surface area contributed by atoms with E-state index in [4.69, 9.17) is 23.2 Å². The van der Waals surface area contributed by atoms with Crippen LogP contribution in [-0.2, 0) is 0 Å². The molecule has 0 aromatic heterocycles. The van der Waals surface area contributed by atoms with Crippen LogP contribution >= 0.6 is 23.2 Å². The molecule has 0 aliphatic heterocycles. The summed E-state index contributed by atoms with van der Waals surface area (Å²) in [4.78, 5) is 0. The van der Waals surface area contributed by atoms with Gasteiger partial charge < -0.3 is 0 Å². The molecule has 0 bridgehead atoms. The van der Waals surface area contributed by atoms with Crippen LogP contribution in [0.25, 0.3) is 0 Å². The fraction of sp³-hybridized carbons (Fsp3) is 0.571. The Kier molecular flexibility index (Phi) is 4.32. The number of benzene rings is 1. The number of aryl methyl sites for hydroxylation is 1. The lowest BCUT2D eigenvalue weighted by atomic mass is 9.84. The van der Waals surface area contributed by atoms with Crippen molar-refractivity contribution in [2.45, 2.75) is 44.4 Å². The average Bonchev–Trinajstić information content (AvgIpc) is 2.34. The van der Waals surface area contributed by atoms with Crippen LogP contribution in [0.1, 0.15) is 48.6 Å². The highest BCUT2D eigenvalue weighted by molar-refractivity contribution is 6.32. The van der Waals surface area contributed by atoms with Gasteiger partial charge in [0, 0.05) is 5.02 Å². The molecule has 0 spiro atoms. The van der Waals surface area contributed by atoms with Crippen molar-refractivity contribution >= 4 is 23.2 Å². The van der Waals surface area contributed by atoms with Gasteiger partial charge in [-0.3, -0.25) is 0 Å². The minimum atomic E-state index is -0.258. The van der Waals surface area contributed by atoms with Crippen molar-refractivity contribution in [3.05, 3.63) is 34.1 Å². The van der Waals surface area contributed by atoms with Gasteiger partial charge in [0.05, 0.1) is 5.38 Å². The molecule has 1 aromatic carbocycles. The molecule has 1 saturated carbocycles. The first kappa shape index (κ1) is 13.2. The highest BCUT2D eigenvalue weighted by atomic mass is 35.5. The SMILES string of the molecule is Cc1cc(C(Cl)C2CCCCC2)c(Cl)cc1F. The number of alkyl halides is 1. The summed E-state index contributed by atoms with van der Waals surface area (Å²) in [5.74, 6) is 0.221. The van der Waals surface area contributed by atoms with Gasteiger partial charge in [-0.15, -0.1) is 11.6 Å². The summed E-state index contributed by atoms with van der Waals surface area (Å²) in [6.45, 7) is 1.75. The third-order valence-electron chi connectivity index (χ3n) is 3.64. The van der Waals surface area contributed by atoms with Gasteiger partial charge in [-0.05, 0) is 42.9 Å². The largest absolute Gasteiger partial charge is 0.207 e. The summed E-state index contributed by atoms with van der Waals surface area (Å²) >= 11 is 12.6. The molecule has 0 nitrogen and oxygen atoms in total. The second-order valence-electron chi connectivity index (χ2n) is 4.92. The van der Waals surface area contributed by atoms with E-state index in [0.29, 0.717) is 16.5 Å². The van der Waals surface area contributed by atoms with Crippen molar-refractivity contribution in [3.8, 4) is 0 Å². The predicted molar refractivity (Wildman–Crippen MR) is 71.3 cm³/mol. The Hall–Kier alpha value is -0.270. The monoisotopic (exact) mass is 274 g/mol. The first-order chi connectivity index (χ1) is 8.09. The van der Waals surface area contributed by atoms with Crippen LogP contribution < -0.4 is 0 Å². The zero-order valence-corrected chi connectivity index (χ0v) is 11.5. The smallest absolute Gasteiger partial charge is 0.127 e. The molecule has 1 fully saturated rings. The second-order valence-corrected chi connectivity index (χ2v) is 5.80. The van der Waals surface area contributed by atoms with E-state index in [1.807, 2.05) is 0 Å². The zero-order chi connectivity index (χ0) is 12.4. The molecular weight excluding hydrogens is 258 g/mol. The summed E-state index contributed by atoms with van der Waals surface area (Å²) in [5.41, 5.74) is 1.50. The van der Waals surface area contributed by atoms with Gasteiger partial charge in [-0.1, -0.05) is 36.9 Å². The molecule has 1 unspecified atom stereocenters. The van der Waals surface area contributed by atoms with Gasteiger partial charge in [0.2, 0.25) is 0 Å². The van der Waals surface area contributed by atoms with E-state index in [2.05, 4.69) is 0 Å². The molecule has 94 valence electrons. The Balaban J connectivity index is 2.23. The van der Waals surface area contributed by atoms with Crippen LogP contribution in [0.4, 0.5) is 4.39 Å². The summed E-state index contributed by atoms with van der Waals surface area (Å²) in [5, 5.41) is 0.376. The van der Waals surface area contributed by atoms with Crippen molar-refractivity contribution < 1.29 is 4.39 Å². The van der Waals surface area contributed by atoms with E-state index in [-0.39, 0.29) is 11.2 Å². The Bertz CT molecular complexity index is 397. The minimum Gasteiger partial charge on any atom is -0.207 e. The van der Waals surface area contributed by atoms with Gasteiger partial charge in [0.15, 0.2) is 0 Å². The van der Waals surface area contributed by atoms with Gasteiger partial charge >= 0.3 is 0 Å². The lowest BCUT2D eigenvalue weighted by Gasteiger charge is -2.27. The van der Waals surface area contributed by atoms with Crippen molar-refractivity contribution in [2.75, 3.05) is 0 Å². The first-order valence-corrected chi connectivity index (χ1v) is 7.00. The Morgan fingerprint density at radius 1 is 1.24 bits per heavy atom. The quantitative estimate of drug-likeness (QED) is 0.612. The first-order valence-electron chi connectivity index (χ1n) is 6.19. The Labute approximate surface area is 112 Å². The zero-order valence-electron chi connectivity index (χ0n) is 9.98. The lowest BCUT2D eigenvalue weighted by Crippen LogP contribution is -2.13. The fourth-order valence-electron chi connectivity index (χ4n) is 2.57. The minimum absolute atomic E-state index is 0.0814. The Morgan fingerprint density at radius 3 is 2.53 bits per heavy atom. The number of rotatable bonds is 2. The van der Waals surface area contributed by atoms with Crippen LogP contribution in [0.5, 0.6) is 0 Å². The fourth-order valence-corrected chi connectivity index (χ4v) is 3.33. The second kappa shape index (κ2) is 5.58. The van der Waals surface area contributed by atoms with E-state index in [9.17, 15) is 4.39 Å². The standard InChI is InChI=1S/C14H17Cl2F/c1-9-7-11(12(15)8-13(9)17)14(16)10-5-3-2-4-6-10/h7-8,10,14H,2-6H2,1H3. The van der Waals surface area contributed by atoms with Crippen LogP contribution in [0.2, 0.25) is 5.02 Å². The van der Waals surface area contributed by atoms with Crippen molar-refractivity contribution in [3.63, 3.8) is 0 Å². The van der Waals surface area contributed by atoms with Crippen LogP contribution in [0.15, 0.2) is 12.1 Å². The summed E-state index contributed by atoms with van der Waals surface area (Å²) in [7, 11) is 0. The van der Waals surface area contributed by atoms with E-state index >= 15 is 0 Å². The maximum Gasteiger partial charge on any atom is 0.127 e. The van der Waals surface area contributed by atoms with Crippen LogP contribution in [0.3, 0.4) is 0 Å². The van der Waals surface area contributed by atoms with E-state index in [0.717, 1.165) is 18.4 Å². The molecule has 1 aliphatic carbocycles. The molecule has 17 heavy (non-hydrogen) atoms. The molecule has 1 atom stereocenters. The van der Waals surface area contributed by atoms with Crippen molar-refractivity contribution in [1.29, 1.82) is 0 Å². The highest BCUT2D eigenvalue weighted by Gasteiger charge is 2.25. The molecule has 0 saturated heterocycles. The molecule has 0 N–H and O–H groups in total. The number of halogens is 3. The molecule has 3 heteroatoms. The summed E-state index contributed by atoms with van der Waals surface area (Å²) in [6, 6.07) is 3.17. The van der Waals surface area contributed by atoms with Crippen LogP contribution in [0, 0.1) is 18.7 Å². The average molecular weight is 275 g/mol. The maximum atomic E-state index is 13.3. The number of hydrogen-bond donors (Lipinski definition) is 0. The normalized spacial score (nSPS) is 19.3. The third-order valence-corrected chi connectivity index (χ3v) is 4.56. The Morgan fingerprint density at radius 2 is 1.88 bits per heavy atom. The van der Waals surface area contributed by atoms with Gasteiger partial charge in [0.1, 0.15) is 5.82 Å². The van der Waals surface area contributed by atoms with Crippen LogP contribution in [-0.4, -0.2) is 0 Å². The van der Waals surface area contributed by atoms with E-state index < -0.39 is 0 Å². The lowest BCUT2D eigenvalue weighted by molar-refractivity contribution is 0.348.